The number of hydrogen-bond donors (Lipinski definition) is 0. The van der Waals surface area contributed by atoms with Crippen molar-refractivity contribution in [1.29, 1.82) is 0 Å². The molecule has 0 N–H and O–H groups in total. The number of methoxy groups -OCH3 is 1. The van der Waals surface area contributed by atoms with Gasteiger partial charge in [0.1, 0.15) is 17.4 Å². The molecule has 0 atom stereocenters. The Kier molecular flexibility index (Phi) is 5.41. The van der Waals surface area contributed by atoms with Crippen molar-refractivity contribution in [2.45, 2.75) is 0 Å². The van der Waals surface area contributed by atoms with Crippen LogP contribution in [0.3, 0.4) is 0 Å². The first kappa shape index (κ1) is 20.0. The molecule has 1 aliphatic heterocycles. The number of pyridine rings is 1. The molecule has 0 saturated carbocycles. The molecule has 32 heavy (non-hydrogen) atoms. The average Bonchev–Trinajstić information content (AvgIpc) is 3.35. The minimum atomic E-state index is -0.183. The quantitative estimate of drug-likeness (QED) is 0.467. The number of aromatic nitrogens is 3. The maximum absolute atomic E-state index is 14.1. The smallest absolute Gasteiger partial charge is 0.259 e. The van der Waals surface area contributed by atoms with Crippen LogP contribution in [-0.4, -0.2) is 48.4 Å². The van der Waals surface area contributed by atoms with Gasteiger partial charge in [0.2, 0.25) is 5.82 Å². The highest BCUT2D eigenvalue weighted by atomic mass is 19.1. The Balaban J connectivity index is 1.25. The summed E-state index contributed by atoms with van der Waals surface area (Å²) in [7, 11) is 1.63. The molecule has 0 radical (unpaired) electrons. The van der Waals surface area contributed by atoms with E-state index in [1.807, 2.05) is 48.5 Å². The maximum Gasteiger partial charge on any atom is 0.259 e. The third kappa shape index (κ3) is 3.99. The van der Waals surface area contributed by atoms with E-state index < -0.39 is 0 Å². The van der Waals surface area contributed by atoms with E-state index in [4.69, 9.17) is 9.26 Å². The fourth-order valence-corrected chi connectivity index (χ4v) is 3.78. The zero-order chi connectivity index (χ0) is 21.9. The predicted molar refractivity (Wildman–Crippen MR) is 120 cm³/mol. The lowest BCUT2D eigenvalue weighted by molar-refractivity contribution is 0.415. The number of halogens is 1. The van der Waals surface area contributed by atoms with Gasteiger partial charge in [0.05, 0.1) is 18.4 Å². The number of hydrogen-bond acceptors (Lipinski definition) is 7. The Labute approximate surface area is 185 Å². The van der Waals surface area contributed by atoms with Crippen LogP contribution in [0.1, 0.15) is 0 Å². The minimum absolute atomic E-state index is 0.183. The van der Waals surface area contributed by atoms with Crippen LogP contribution in [-0.2, 0) is 0 Å². The summed E-state index contributed by atoms with van der Waals surface area (Å²) < 4.78 is 24.7. The summed E-state index contributed by atoms with van der Waals surface area (Å²) >= 11 is 0. The van der Waals surface area contributed by atoms with E-state index in [9.17, 15) is 4.39 Å². The first-order valence-electron chi connectivity index (χ1n) is 10.4. The lowest BCUT2D eigenvalue weighted by atomic mass is 10.2. The summed E-state index contributed by atoms with van der Waals surface area (Å²) in [6.07, 6.45) is 1.74. The molecule has 1 fully saturated rings. The molecule has 2 aromatic carbocycles. The van der Waals surface area contributed by atoms with Crippen molar-refractivity contribution in [1.82, 2.24) is 15.1 Å². The number of piperazine rings is 1. The van der Waals surface area contributed by atoms with E-state index in [1.165, 1.54) is 6.07 Å². The fourth-order valence-electron chi connectivity index (χ4n) is 3.78. The van der Waals surface area contributed by atoms with Gasteiger partial charge in [-0.2, -0.15) is 4.98 Å². The molecule has 4 aromatic rings. The maximum atomic E-state index is 14.1. The van der Waals surface area contributed by atoms with Crippen LogP contribution in [0.2, 0.25) is 0 Å². The van der Waals surface area contributed by atoms with E-state index in [1.54, 1.807) is 19.4 Å². The van der Waals surface area contributed by atoms with Gasteiger partial charge in [-0.3, -0.25) is 0 Å². The van der Waals surface area contributed by atoms with Gasteiger partial charge in [-0.25, -0.2) is 9.37 Å². The van der Waals surface area contributed by atoms with Crippen molar-refractivity contribution in [3.63, 3.8) is 0 Å². The summed E-state index contributed by atoms with van der Waals surface area (Å²) in [6.45, 7) is 3.00. The Morgan fingerprint density at radius 3 is 2.28 bits per heavy atom. The van der Waals surface area contributed by atoms with Gasteiger partial charge in [0, 0.05) is 37.9 Å². The van der Waals surface area contributed by atoms with Crippen LogP contribution in [0.25, 0.3) is 22.8 Å². The Morgan fingerprint density at radius 1 is 0.875 bits per heavy atom. The summed E-state index contributed by atoms with van der Waals surface area (Å²) in [5, 5.41) is 4.07. The largest absolute Gasteiger partial charge is 0.497 e. The van der Waals surface area contributed by atoms with E-state index in [2.05, 4.69) is 24.9 Å². The molecule has 162 valence electrons. The van der Waals surface area contributed by atoms with Crippen molar-refractivity contribution in [2.75, 3.05) is 43.1 Å². The SMILES string of the molecule is COc1ccc(-c2noc(-c3ccc(N4CCN(c5ccccc5F)CC4)nc3)n2)cc1. The molecule has 1 aliphatic rings. The topological polar surface area (TPSA) is 67.5 Å². The minimum Gasteiger partial charge on any atom is -0.497 e. The van der Waals surface area contributed by atoms with E-state index >= 15 is 0 Å². The first-order chi connectivity index (χ1) is 15.7. The number of para-hydroxylation sites is 1. The van der Waals surface area contributed by atoms with Gasteiger partial charge < -0.3 is 19.1 Å². The summed E-state index contributed by atoms with van der Waals surface area (Å²) in [5.74, 6) is 2.39. The van der Waals surface area contributed by atoms with Crippen molar-refractivity contribution in [3.8, 4) is 28.6 Å². The van der Waals surface area contributed by atoms with Gasteiger partial charge in [-0.1, -0.05) is 17.3 Å². The zero-order valence-corrected chi connectivity index (χ0v) is 17.6. The predicted octanol–water partition coefficient (Wildman–Crippen LogP) is 4.27. The van der Waals surface area contributed by atoms with Gasteiger partial charge in [-0.05, 0) is 48.5 Å². The number of benzene rings is 2. The molecule has 0 amide bonds. The van der Waals surface area contributed by atoms with E-state index in [0.29, 0.717) is 17.4 Å². The molecule has 3 heterocycles. The monoisotopic (exact) mass is 431 g/mol. The summed E-state index contributed by atoms with van der Waals surface area (Å²) in [4.78, 5) is 13.3. The van der Waals surface area contributed by atoms with Crippen LogP contribution in [0.15, 0.2) is 71.4 Å². The van der Waals surface area contributed by atoms with Crippen molar-refractivity contribution in [2.24, 2.45) is 0 Å². The summed E-state index contributed by atoms with van der Waals surface area (Å²) in [6, 6.07) is 18.3. The van der Waals surface area contributed by atoms with Crippen LogP contribution in [0.4, 0.5) is 15.9 Å². The van der Waals surface area contributed by atoms with Gasteiger partial charge in [0.25, 0.3) is 5.89 Å². The van der Waals surface area contributed by atoms with Crippen molar-refractivity contribution in [3.05, 3.63) is 72.7 Å². The molecule has 0 bridgehead atoms. The average molecular weight is 431 g/mol. The second kappa shape index (κ2) is 8.66. The fraction of sp³-hybridized carbons (Fsp3) is 0.208. The van der Waals surface area contributed by atoms with Crippen molar-refractivity contribution < 1.29 is 13.7 Å². The lowest BCUT2D eigenvalue weighted by Crippen LogP contribution is -2.47. The number of nitrogens with zero attached hydrogens (tertiary/aromatic N) is 5. The molecule has 0 aliphatic carbocycles. The highest BCUT2D eigenvalue weighted by molar-refractivity contribution is 5.61. The Bertz CT molecular complexity index is 1190. The van der Waals surface area contributed by atoms with Crippen LogP contribution in [0, 0.1) is 5.82 Å². The van der Waals surface area contributed by atoms with Crippen molar-refractivity contribution >= 4 is 11.5 Å². The second-order valence-corrected chi connectivity index (χ2v) is 7.48. The first-order valence-corrected chi connectivity index (χ1v) is 10.4. The standard InChI is InChI=1S/C24H22FN5O2/c1-31-19-9-6-17(7-10-19)23-27-24(32-28-23)18-8-11-22(26-16-18)30-14-12-29(13-15-30)21-5-3-2-4-20(21)25/h2-11,16H,12-15H2,1H3. The van der Waals surface area contributed by atoms with E-state index in [0.717, 1.165) is 48.9 Å². The molecule has 1 saturated heterocycles. The molecule has 2 aromatic heterocycles. The van der Waals surface area contributed by atoms with Gasteiger partial charge in [0.15, 0.2) is 0 Å². The van der Waals surface area contributed by atoms with Crippen LogP contribution < -0.4 is 14.5 Å². The summed E-state index contributed by atoms with van der Waals surface area (Å²) in [5.41, 5.74) is 2.25. The molecular weight excluding hydrogens is 409 g/mol. The highest BCUT2D eigenvalue weighted by Crippen LogP contribution is 2.26. The lowest BCUT2D eigenvalue weighted by Gasteiger charge is -2.36. The van der Waals surface area contributed by atoms with Crippen LogP contribution in [0.5, 0.6) is 5.75 Å². The molecule has 7 nitrogen and oxygen atoms in total. The Morgan fingerprint density at radius 2 is 1.59 bits per heavy atom. The molecule has 0 unspecified atom stereocenters. The molecule has 8 heteroatoms. The number of rotatable bonds is 5. The molecule has 5 rings (SSSR count). The number of ether oxygens (including phenoxy) is 1. The van der Waals surface area contributed by atoms with E-state index in [-0.39, 0.29) is 5.82 Å². The second-order valence-electron chi connectivity index (χ2n) is 7.48. The van der Waals surface area contributed by atoms with Gasteiger partial charge in [-0.15, -0.1) is 0 Å². The highest BCUT2D eigenvalue weighted by Gasteiger charge is 2.20. The number of anilines is 2. The molecular formula is C24H22FN5O2. The molecule has 0 spiro atoms. The zero-order valence-electron chi connectivity index (χ0n) is 17.6. The third-order valence-corrected chi connectivity index (χ3v) is 5.57. The Hall–Kier alpha value is -3.94. The third-order valence-electron chi connectivity index (χ3n) is 5.57. The normalized spacial score (nSPS) is 13.9. The van der Waals surface area contributed by atoms with Crippen LogP contribution >= 0.6 is 0 Å². The van der Waals surface area contributed by atoms with Gasteiger partial charge >= 0.3 is 0 Å².